The topological polar surface area (TPSA) is 65.5 Å². The molecule has 0 saturated heterocycles. The minimum absolute atomic E-state index is 0.0119. The molecule has 3 N–H and O–H groups in total. The average Bonchev–Trinajstić information content (AvgIpc) is 2.52. The smallest absolute Gasteiger partial charge is 0.222 e. The van der Waals surface area contributed by atoms with Crippen LogP contribution in [0.2, 0.25) is 10.0 Å². The molecule has 23 heavy (non-hydrogen) atoms. The van der Waals surface area contributed by atoms with Crippen molar-refractivity contribution in [2.75, 3.05) is 20.1 Å². The maximum Gasteiger partial charge on any atom is 0.222 e. The third kappa shape index (κ3) is 6.67. The summed E-state index contributed by atoms with van der Waals surface area (Å²) in [7, 11) is 1.70. The van der Waals surface area contributed by atoms with Gasteiger partial charge < -0.3 is 16.0 Å². The summed E-state index contributed by atoms with van der Waals surface area (Å²) in [5.74, 6) is 0.684. The lowest BCUT2D eigenvalue weighted by molar-refractivity contribution is -0.123. The second kappa shape index (κ2) is 9.63. The van der Waals surface area contributed by atoms with Crippen LogP contribution in [-0.4, -0.2) is 32.0 Å². The first-order chi connectivity index (χ1) is 10.8. The molecule has 1 aromatic rings. The molecule has 0 aliphatic heterocycles. The molecule has 0 aliphatic carbocycles. The summed E-state index contributed by atoms with van der Waals surface area (Å²) in [6, 6.07) is 5.54. The molecule has 1 amide bonds. The van der Waals surface area contributed by atoms with Gasteiger partial charge in [-0.15, -0.1) is 0 Å². The van der Waals surface area contributed by atoms with Crippen LogP contribution in [-0.2, 0) is 4.79 Å². The van der Waals surface area contributed by atoms with E-state index in [0.29, 0.717) is 29.1 Å². The molecule has 1 atom stereocenters. The van der Waals surface area contributed by atoms with Crippen molar-refractivity contribution in [2.45, 2.75) is 26.8 Å². The Morgan fingerprint density at radius 1 is 1.13 bits per heavy atom. The summed E-state index contributed by atoms with van der Waals surface area (Å²) in [5.41, 5.74) is 1.01. The van der Waals surface area contributed by atoms with Crippen molar-refractivity contribution in [1.82, 2.24) is 16.0 Å². The summed E-state index contributed by atoms with van der Waals surface area (Å²) in [6.07, 6.45) is 0. The fourth-order valence-electron chi connectivity index (χ4n) is 1.84. The summed E-state index contributed by atoms with van der Waals surface area (Å²) in [6.45, 7) is 6.86. The molecule has 0 aliphatic rings. The van der Waals surface area contributed by atoms with Crippen LogP contribution >= 0.6 is 23.2 Å². The van der Waals surface area contributed by atoms with E-state index in [4.69, 9.17) is 23.2 Å². The molecule has 128 valence electrons. The molecular formula is C16H24Cl2N4O. The van der Waals surface area contributed by atoms with E-state index in [1.807, 2.05) is 32.9 Å². The van der Waals surface area contributed by atoms with Crippen LogP contribution in [0.5, 0.6) is 0 Å². The Balaban J connectivity index is 2.46. The number of hydrogen-bond acceptors (Lipinski definition) is 2. The number of hydrogen-bond donors (Lipinski definition) is 3. The molecule has 1 unspecified atom stereocenters. The Kier molecular flexibility index (Phi) is 8.20. The molecule has 0 radical (unpaired) electrons. The second-order valence-corrected chi connectivity index (χ2v) is 6.30. The van der Waals surface area contributed by atoms with Crippen molar-refractivity contribution in [1.29, 1.82) is 0 Å². The Morgan fingerprint density at radius 3 is 2.35 bits per heavy atom. The molecule has 0 bridgehead atoms. The van der Waals surface area contributed by atoms with Crippen LogP contribution in [0, 0.1) is 5.92 Å². The van der Waals surface area contributed by atoms with Crippen molar-refractivity contribution in [3.8, 4) is 0 Å². The number of halogens is 2. The lowest BCUT2D eigenvalue weighted by atomic mass is 10.1. The van der Waals surface area contributed by atoms with Crippen LogP contribution < -0.4 is 16.0 Å². The van der Waals surface area contributed by atoms with E-state index < -0.39 is 0 Å². The summed E-state index contributed by atoms with van der Waals surface area (Å²) in [4.78, 5) is 15.6. The predicted molar refractivity (Wildman–Crippen MR) is 97.2 cm³/mol. The summed E-state index contributed by atoms with van der Waals surface area (Å²) >= 11 is 12.0. The predicted octanol–water partition coefficient (Wildman–Crippen LogP) is 2.99. The van der Waals surface area contributed by atoms with E-state index in [9.17, 15) is 4.79 Å². The molecule has 0 fully saturated rings. The van der Waals surface area contributed by atoms with Gasteiger partial charge in [-0.2, -0.15) is 0 Å². The van der Waals surface area contributed by atoms with Crippen LogP contribution in [0.3, 0.4) is 0 Å². The lowest BCUT2D eigenvalue weighted by Crippen LogP contribution is -2.42. The van der Waals surface area contributed by atoms with Crippen molar-refractivity contribution >= 4 is 35.1 Å². The van der Waals surface area contributed by atoms with Gasteiger partial charge >= 0.3 is 0 Å². The number of carbonyl (C=O) groups excluding carboxylic acids is 1. The molecular weight excluding hydrogens is 335 g/mol. The van der Waals surface area contributed by atoms with E-state index in [0.717, 1.165) is 5.56 Å². The molecule has 0 aromatic heterocycles. The van der Waals surface area contributed by atoms with E-state index in [-0.39, 0.29) is 17.9 Å². The van der Waals surface area contributed by atoms with Crippen LogP contribution in [0.1, 0.15) is 32.4 Å². The van der Waals surface area contributed by atoms with Gasteiger partial charge in [-0.3, -0.25) is 9.79 Å². The van der Waals surface area contributed by atoms with Gasteiger partial charge in [-0.1, -0.05) is 43.1 Å². The fourth-order valence-corrected chi connectivity index (χ4v) is 2.14. The number of rotatable bonds is 6. The number of nitrogens with zero attached hydrogens (tertiary/aromatic N) is 1. The molecule has 1 aromatic carbocycles. The van der Waals surface area contributed by atoms with Gasteiger partial charge in [0.05, 0.1) is 16.1 Å². The number of benzene rings is 1. The van der Waals surface area contributed by atoms with Crippen LogP contribution in [0.15, 0.2) is 23.2 Å². The first-order valence-corrected chi connectivity index (χ1v) is 8.30. The Labute approximate surface area is 147 Å². The summed E-state index contributed by atoms with van der Waals surface area (Å²) in [5, 5.41) is 10.3. The normalized spacial score (nSPS) is 12.9. The van der Waals surface area contributed by atoms with Crippen molar-refractivity contribution in [3.05, 3.63) is 33.8 Å². The van der Waals surface area contributed by atoms with Gasteiger partial charge in [0, 0.05) is 26.1 Å². The summed E-state index contributed by atoms with van der Waals surface area (Å²) < 4.78 is 0. The van der Waals surface area contributed by atoms with Crippen molar-refractivity contribution in [3.63, 3.8) is 0 Å². The lowest BCUT2D eigenvalue weighted by Gasteiger charge is -2.19. The highest BCUT2D eigenvalue weighted by atomic mass is 35.5. The Bertz CT molecular complexity index is 561. The van der Waals surface area contributed by atoms with Gasteiger partial charge in [0.15, 0.2) is 5.96 Å². The maximum atomic E-state index is 11.5. The molecule has 0 saturated carbocycles. The van der Waals surface area contributed by atoms with Crippen LogP contribution in [0.4, 0.5) is 0 Å². The SMILES string of the molecule is CN=C(NCCNC(=O)C(C)C)NC(C)c1ccc(Cl)c(Cl)c1. The molecule has 0 spiro atoms. The minimum Gasteiger partial charge on any atom is -0.355 e. The number of aliphatic imine (C=N–C) groups is 1. The second-order valence-electron chi connectivity index (χ2n) is 5.48. The highest BCUT2D eigenvalue weighted by Gasteiger charge is 2.10. The fraction of sp³-hybridized carbons (Fsp3) is 0.500. The average molecular weight is 359 g/mol. The first kappa shape index (κ1) is 19.6. The third-order valence-corrected chi connectivity index (χ3v) is 4.00. The highest BCUT2D eigenvalue weighted by molar-refractivity contribution is 6.42. The van der Waals surface area contributed by atoms with Crippen molar-refractivity contribution < 1.29 is 4.79 Å². The molecule has 5 nitrogen and oxygen atoms in total. The van der Waals surface area contributed by atoms with Gasteiger partial charge in [-0.25, -0.2) is 0 Å². The zero-order valence-corrected chi connectivity index (χ0v) is 15.4. The van der Waals surface area contributed by atoms with Crippen molar-refractivity contribution in [2.24, 2.45) is 10.9 Å². The van der Waals surface area contributed by atoms with Gasteiger partial charge in [0.25, 0.3) is 0 Å². The zero-order valence-electron chi connectivity index (χ0n) is 13.9. The van der Waals surface area contributed by atoms with Gasteiger partial charge in [0.1, 0.15) is 0 Å². The third-order valence-electron chi connectivity index (χ3n) is 3.26. The quantitative estimate of drug-likeness (QED) is 0.416. The maximum absolute atomic E-state index is 11.5. The number of guanidine groups is 1. The highest BCUT2D eigenvalue weighted by Crippen LogP contribution is 2.25. The standard InChI is InChI=1S/C16H24Cl2N4O/c1-10(2)15(23)20-7-8-21-16(19-4)22-11(3)12-5-6-13(17)14(18)9-12/h5-6,9-11H,7-8H2,1-4H3,(H,20,23)(H2,19,21,22). The Morgan fingerprint density at radius 2 is 1.78 bits per heavy atom. The van der Waals surface area contributed by atoms with Crippen LogP contribution in [0.25, 0.3) is 0 Å². The molecule has 1 rings (SSSR count). The number of carbonyl (C=O) groups is 1. The van der Waals surface area contributed by atoms with E-state index >= 15 is 0 Å². The van der Waals surface area contributed by atoms with E-state index in [2.05, 4.69) is 20.9 Å². The first-order valence-electron chi connectivity index (χ1n) is 7.55. The number of nitrogens with one attached hydrogen (secondary N) is 3. The molecule has 7 heteroatoms. The monoisotopic (exact) mass is 358 g/mol. The van der Waals surface area contributed by atoms with Gasteiger partial charge in [0.2, 0.25) is 5.91 Å². The van der Waals surface area contributed by atoms with Gasteiger partial charge in [-0.05, 0) is 24.6 Å². The number of amides is 1. The zero-order chi connectivity index (χ0) is 17.4. The Hall–Kier alpha value is -1.46. The minimum atomic E-state index is -0.0119. The largest absolute Gasteiger partial charge is 0.355 e. The molecule has 0 heterocycles. The van der Waals surface area contributed by atoms with E-state index in [1.165, 1.54) is 0 Å². The van der Waals surface area contributed by atoms with E-state index in [1.54, 1.807) is 13.1 Å².